The van der Waals surface area contributed by atoms with Gasteiger partial charge in [0.05, 0.1) is 30.8 Å². The molecule has 0 aliphatic carbocycles. The molecule has 2 aromatic rings. The molecule has 144 valence electrons. The van der Waals surface area contributed by atoms with Gasteiger partial charge in [-0.2, -0.15) is 0 Å². The second-order valence-electron chi connectivity index (χ2n) is 7.79. The molecule has 0 spiro atoms. The van der Waals surface area contributed by atoms with E-state index < -0.39 is 5.97 Å². The number of hydrogen-bond acceptors (Lipinski definition) is 5. The molecule has 0 bridgehead atoms. The Hall–Kier alpha value is -2.60. The average Bonchev–Trinajstić information content (AvgIpc) is 2.66. The highest BCUT2D eigenvalue weighted by Gasteiger charge is 2.17. The lowest BCUT2D eigenvalue weighted by Gasteiger charge is -2.29. The normalized spacial score (nSPS) is 14.9. The minimum absolute atomic E-state index is 0.0401. The van der Waals surface area contributed by atoms with E-state index in [4.69, 9.17) is 4.74 Å². The number of carbonyl (C=O) groups is 1. The van der Waals surface area contributed by atoms with E-state index in [9.17, 15) is 9.90 Å². The van der Waals surface area contributed by atoms with Crippen LogP contribution in [-0.4, -0.2) is 42.4 Å². The first-order valence-corrected chi connectivity index (χ1v) is 9.24. The summed E-state index contributed by atoms with van der Waals surface area (Å²) in [5, 5.41) is 12.7. The summed E-state index contributed by atoms with van der Waals surface area (Å²) in [4.78, 5) is 17.9. The van der Waals surface area contributed by atoms with Gasteiger partial charge in [0.2, 0.25) is 0 Å². The zero-order chi connectivity index (χ0) is 19.4. The molecule has 0 radical (unpaired) electrons. The Kier molecular flexibility index (Phi) is 5.65. The Morgan fingerprint density at radius 2 is 1.89 bits per heavy atom. The van der Waals surface area contributed by atoms with Crippen molar-refractivity contribution < 1.29 is 14.6 Å². The number of ether oxygens (including phenoxy) is 1. The largest absolute Gasteiger partial charge is 0.476 e. The number of carboxylic acid groups (broad SMARTS) is 1. The predicted octanol–water partition coefficient (Wildman–Crippen LogP) is 3.53. The molecule has 1 fully saturated rings. The molecule has 1 aromatic heterocycles. The van der Waals surface area contributed by atoms with Crippen molar-refractivity contribution in [2.75, 3.05) is 36.5 Å². The molecule has 0 unspecified atom stereocenters. The van der Waals surface area contributed by atoms with Gasteiger partial charge in [0.1, 0.15) is 0 Å². The number of nitrogens with zero attached hydrogens (tertiary/aromatic N) is 2. The number of morpholine rings is 1. The van der Waals surface area contributed by atoms with Gasteiger partial charge >= 0.3 is 5.97 Å². The molecule has 2 N–H and O–H groups in total. The number of carboxylic acids is 1. The van der Waals surface area contributed by atoms with Crippen molar-refractivity contribution in [1.82, 2.24) is 4.98 Å². The molecule has 0 saturated carbocycles. The molecule has 1 aliphatic heterocycles. The number of hydrogen-bond donors (Lipinski definition) is 2. The average molecular weight is 369 g/mol. The fourth-order valence-electron chi connectivity index (χ4n) is 3.07. The number of rotatable bonds is 5. The van der Waals surface area contributed by atoms with Crippen molar-refractivity contribution in [1.29, 1.82) is 0 Å². The topological polar surface area (TPSA) is 74.7 Å². The van der Waals surface area contributed by atoms with Gasteiger partial charge in [0.25, 0.3) is 0 Å². The second-order valence-corrected chi connectivity index (χ2v) is 7.79. The molecule has 3 rings (SSSR count). The molecule has 27 heavy (non-hydrogen) atoms. The molecular weight excluding hydrogens is 342 g/mol. The molecular formula is C21H27N3O3. The zero-order valence-corrected chi connectivity index (χ0v) is 16.2. The van der Waals surface area contributed by atoms with Crippen LogP contribution in [0.25, 0.3) is 0 Å². The van der Waals surface area contributed by atoms with Gasteiger partial charge in [-0.1, -0.05) is 45.0 Å². The van der Waals surface area contributed by atoms with E-state index in [1.807, 2.05) is 6.07 Å². The molecule has 0 amide bonds. The quantitative estimate of drug-likeness (QED) is 0.840. The third-order valence-electron chi connectivity index (χ3n) is 4.75. The summed E-state index contributed by atoms with van der Waals surface area (Å²) in [5.41, 5.74) is 3.96. The molecule has 6 heteroatoms. The highest BCUT2D eigenvalue weighted by atomic mass is 16.5. The summed E-state index contributed by atoms with van der Waals surface area (Å²) < 4.78 is 5.38. The predicted molar refractivity (Wildman–Crippen MR) is 107 cm³/mol. The highest BCUT2D eigenvalue weighted by molar-refractivity contribution is 5.92. The van der Waals surface area contributed by atoms with Gasteiger partial charge in [0, 0.05) is 19.6 Å². The van der Waals surface area contributed by atoms with Crippen molar-refractivity contribution in [2.24, 2.45) is 0 Å². The van der Waals surface area contributed by atoms with Gasteiger partial charge in [-0.05, 0) is 22.6 Å². The zero-order valence-electron chi connectivity index (χ0n) is 16.2. The second kappa shape index (κ2) is 7.96. The first-order valence-electron chi connectivity index (χ1n) is 9.24. The van der Waals surface area contributed by atoms with Crippen molar-refractivity contribution >= 4 is 17.3 Å². The third kappa shape index (κ3) is 4.77. The minimum Gasteiger partial charge on any atom is -0.476 e. The summed E-state index contributed by atoms with van der Waals surface area (Å²) in [6.07, 6.45) is 1.62. The smallest absolute Gasteiger partial charge is 0.356 e. The highest BCUT2D eigenvalue weighted by Crippen LogP contribution is 2.25. The lowest BCUT2D eigenvalue weighted by Crippen LogP contribution is -2.36. The summed E-state index contributed by atoms with van der Waals surface area (Å²) in [5.74, 6) is -1.03. The number of anilines is 2. The fraction of sp³-hybridized carbons (Fsp3) is 0.429. The minimum atomic E-state index is -1.03. The van der Waals surface area contributed by atoms with E-state index in [1.165, 1.54) is 5.56 Å². The van der Waals surface area contributed by atoms with Crippen LogP contribution in [0.5, 0.6) is 0 Å². The number of benzene rings is 1. The van der Waals surface area contributed by atoms with Crippen LogP contribution in [0.4, 0.5) is 11.4 Å². The lowest BCUT2D eigenvalue weighted by atomic mass is 9.87. The van der Waals surface area contributed by atoms with Gasteiger partial charge in [-0.3, -0.25) is 0 Å². The number of nitrogens with one attached hydrogen (secondary N) is 1. The molecule has 1 aromatic carbocycles. The van der Waals surface area contributed by atoms with Gasteiger partial charge in [-0.25, -0.2) is 9.78 Å². The van der Waals surface area contributed by atoms with E-state index >= 15 is 0 Å². The molecule has 1 aliphatic rings. The Labute approximate surface area is 160 Å². The SMILES string of the molecule is CC(C)(C)c1ccc(CNc2cc(N3CCOCC3)cnc2C(=O)O)cc1. The summed E-state index contributed by atoms with van der Waals surface area (Å²) >= 11 is 0. The van der Waals surface area contributed by atoms with Crippen molar-refractivity contribution in [3.05, 3.63) is 53.3 Å². The van der Waals surface area contributed by atoms with Crippen LogP contribution in [0.3, 0.4) is 0 Å². The Morgan fingerprint density at radius 3 is 2.48 bits per heavy atom. The maximum Gasteiger partial charge on any atom is 0.356 e. The monoisotopic (exact) mass is 369 g/mol. The van der Waals surface area contributed by atoms with Gasteiger partial charge in [0.15, 0.2) is 5.69 Å². The van der Waals surface area contributed by atoms with Crippen LogP contribution in [0, 0.1) is 0 Å². The van der Waals surface area contributed by atoms with Gasteiger partial charge in [-0.15, -0.1) is 0 Å². The van der Waals surface area contributed by atoms with Crippen LogP contribution in [0.1, 0.15) is 42.4 Å². The van der Waals surface area contributed by atoms with E-state index in [2.05, 4.69) is 60.2 Å². The van der Waals surface area contributed by atoms with Crippen LogP contribution >= 0.6 is 0 Å². The first-order chi connectivity index (χ1) is 12.8. The maximum absolute atomic E-state index is 11.5. The van der Waals surface area contributed by atoms with Crippen molar-refractivity contribution in [2.45, 2.75) is 32.7 Å². The van der Waals surface area contributed by atoms with Crippen LogP contribution in [0.2, 0.25) is 0 Å². The van der Waals surface area contributed by atoms with Crippen LogP contribution < -0.4 is 10.2 Å². The Balaban J connectivity index is 1.76. The molecule has 1 saturated heterocycles. The Bertz CT molecular complexity index is 791. The van der Waals surface area contributed by atoms with Crippen molar-refractivity contribution in [3.63, 3.8) is 0 Å². The Morgan fingerprint density at radius 1 is 1.22 bits per heavy atom. The standard InChI is InChI=1S/C21H27N3O3/c1-21(2,3)16-6-4-15(5-7-16)13-22-18-12-17(14-23-19(18)20(25)26)24-8-10-27-11-9-24/h4-7,12,14,22H,8-11,13H2,1-3H3,(H,25,26). The van der Waals surface area contributed by atoms with Crippen LogP contribution in [-0.2, 0) is 16.7 Å². The van der Waals surface area contributed by atoms with Crippen LogP contribution in [0.15, 0.2) is 36.5 Å². The molecule has 2 heterocycles. The number of aromatic nitrogens is 1. The van der Waals surface area contributed by atoms with E-state index in [0.29, 0.717) is 25.4 Å². The first kappa shape index (κ1) is 19.2. The van der Waals surface area contributed by atoms with E-state index in [-0.39, 0.29) is 11.1 Å². The molecule has 0 atom stereocenters. The number of aromatic carboxylic acids is 1. The van der Waals surface area contributed by atoms with E-state index in [0.717, 1.165) is 24.3 Å². The summed E-state index contributed by atoms with van der Waals surface area (Å²) in [6, 6.07) is 10.3. The summed E-state index contributed by atoms with van der Waals surface area (Å²) in [7, 11) is 0. The van der Waals surface area contributed by atoms with Gasteiger partial charge < -0.3 is 20.1 Å². The summed E-state index contributed by atoms with van der Waals surface area (Å²) in [6.45, 7) is 9.99. The van der Waals surface area contributed by atoms with Crippen molar-refractivity contribution in [3.8, 4) is 0 Å². The van der Waals surface area contributed by atoms with E-state index in [1.54, 1.807) is 6.20 Å². The third-order valence-corrected chi connectivity index (χ3v) is 4.75. The lowest BCUT2D eigenvalue weighted by molar-refractivity contribution is 0.0691. The maximum atomic E-state index is 11.5. The fourth-order valence-corrected chi connectivity index (χ4v) is 3.07. The number of pyridine rings is 1. The molecule has 6 nitrogen and oxygen atoms in total.